The topological polar surface area (TPSA) is 165 Å². The SMILES string of the molecule is CCCCc1nc(Cl)c(C(=O)[O-])n1C(C)(ONN([O-])n1cccc1)c1ccc(-c2ccccc2-c2nn[nH]n2)cc1. The Morgan fingerprint density at radius 2 is 1.83 bits per heavy atom. The van der Waals surface area contributed by atoms with Gasteiger partial charge in [0.1, 0.15) is 11.5 Å². The van der Waals surface area contributed by atoms with Crippen molar-refractivity contribution in [2.75, 3.05) is 5.28 Å². The van der Waals surface area contributed by atoms with Crippen molar-refractivity contribution in [3.63, 3.8) is 0 Å². The zero-order valence-electron chi connectivity index (χ0n) is 22.2. The molecule has 0 fully saturated rings. The molecule has 0 spiro atoms. The molecule has 13 nitrogen and oxygen atoms in total. The summed E-state index contributed by atoms with van der Waals surface area (Å²) in [6, 6.07) is 18.2. The molecular formula is C27H26ClN9O4-2. The van der Waals surface area contributed by atoms with Gasteiger partial charge in [-0.1, -0.05) is 73.5 Å². The van der Waals surface area contributed by atoms with E-state index in [1.165, 1.54) is 21.6 Å². The second-order valence-electron chi connectivity index (χ2n) is 9.26. The first kappa shape index (κ1) is 28.0. The van der Waals surface area contributed by atoms with Crippen LogP contribution in [0.15, 0.2) is 73.1 Å². The van der Waals surface area contributed by atoms with Crippen molar-refractivity contribution in [2.45, 2.75) is 38.8 Å². The van der Waals surface area contributed by atoms with Crippen molar-refractivity contribution in [2.24, 2.45) is 0 Å². The summed E-state index contributed by atoms with van der Waals surface area (Å²) >= 11 is 6.31. The van der Waals surface area contributed by atoms with Crippen molar-refractivity contribution < 1.29 is 14.7 Å². The lowest BCUT2D eigenvalue weighted by molar-refractivity contribution is -0.256. The van der Waals surface area contributed by atoms with Crippen molar-refractivity contribution in [3.8, 4) is 22.5 Å². The number of unbranched alkanes of at least 4 members (excludes halogenated alkanes) is 1. The number of carbonyl (C=O) groups is 1. The Labute approximate surface area is 239 Å². The number of halogens is 1. The molecule has 0 amide bonds. The summed E-state index contributed by atoms with van der Waals surface area (Å²) in [5, 5.41) is 39.5. The van der Waals surface area contributed by atoms with Gasteiger partial charge in [0.15, 0.2) is 10.9 Å². The van der Waals surface area contributed by atoms with Crippen LogP contribution in [0.2, 0.25) is 5.15 Å². The maximum Gasteiger partial charge on any atom is 0.205 e. The molecule has 0 bridgehead atoms. The van der Waals surface area contributed by atoms with Gasteiger partial charge < -0.3 is 15.1 Å². The first-order valence-corrected chi connectivity index (χ1v) is 13.2. The molecule has 1 unspecified atom stereocenters. The average Bonchev–Trinajstić information content (AvgIpc) is 3.77. The van der Waals surface area contributed by atoms with Crippen molar-refractivity contribution in [1.29, 1.82) is 0 Å². The minimum Gasteiger partial charge on any atom is -0.726 e. The van der Waals surface area contributed by atoms with Crippen LogP contribution in [0.5, 0.6) is 0 Å². The first-order valence-electron chi connectivity index (χ1n) is 12.8. The van der Waals surface area contributed by atoms with Gasteiger partial charge in [-0.25, -0.2) is 9.82 Å². The van der Waals surface area contributed by atoms with Crippen LogP contribution in [-0.2, 0) is 17.0 Å². The van der Waals surface area contributed by atoms with E-state index in [4.69, 9.17) is 16.4 Å². The summed E-state index contributed by atoms with van der Waals surface area (Å²) in [6.07, 6.45) is 4.99. The van der Waals surface area contributed by atoms with Crippen molar-refractivity contribution in [1.82, 2.24) is 40.4 Å². The molecule has 2 aromatic carbocycles. The third kappa shape index (κ3) is 5.56. The molecule has 0 saturated heterocycles. The van der Waals surface area contributed by atoms with Crippen LogP contribution in [0.3, 0.4) is 0 Å². The molecule has 3 heterocycles. The molecule has 3 aromatic heterocycles. The number of hydrogen-bond acceptors (Lipinski definition) is 10. The van der Waals surface area contributed by atoms with Gasteiger partial charge in [-0.05, 0) is 41.8 Å². The lowest BCUT2D eigenvalue weighted by atomic mass is 9.95. The predicted octanol–water partition coefficient (Wildman–Crippen LogP) is 3.18. The third-order valence-electron chi connectivity index (χ3n) is 6.64. The standard InChI is InChI=1S/C27H27ClN9O4/c1-3-4-11-22-29-24(28)23(26(38)39)36(22)27(2,41-34-37(40)35-16-7-8-17-35)19-14-12-18(13-15-19)20-9-5-6-10-21(20)25-30-32-33-31-25/h5-10,12-17,34H,3-4,11H2,1-2H3,(H,38,39)(H,30,31,32,33)/q-1/p-1. The van der Waals surface area contributed by atoms with Crippen LogP contribution >= 0.6 is 11.6 Å². The Morgan fingerprint density at radius 3 is 2.46 bits per heavy atom. The van der Waals surface area contributed by atoms with E-state index >= 15 is 0 Å². The number of aromatic nitrogens is 7. The van der Waals surface area contributed by atoms with Crippen LogP contribution in [0.1, 0.15) is 48.6 Å². The minimum absolute atomic E-state index is 0.235. The van der Waals surface area contributed by atoms with Crippen LogP contribution < -0.4 is 16.0 Å². The fraction of sp³-hybridized carbons (Fsp3) is 0.222. The van der Waals surface area contributed by atoms with Crippen LogP contribution in [0.25, 0.3) is 22.5 Å². The molecule has 212 valence electrons. The lowest BCUT2D eigenvalue weighted by Gasteiger charge is -2.39. The zero-order valence-corrected chi connectivity index (χ0v) is 22.9. The number of carbonyl (C=O) groups excluding carboxylic acids is 1. The number of H-pyrrole nitrogens is 1. The number of carboxylic acid groups (broad SMARTS) is 1. The van der Waals surface area contributed by atoms with Crippen LogP contribution in [-0.4, -0.2) is 40.8 Å². The molecule has 0 aliphatic rings. The number of aromatic amines is 1. The van der Waals surface area contributed by atoms with E-state index in [2.05, 4.69) is 31.2 Å². The normalized spacial score (nSPS) is 12.8. The van der Waals surface area contributed by atoms with Gasteiger partial charge in [-0.3, -0.25) is 14.5 Å². The fourth-order valence-corrected chi connectivity index (χ4v) is 4.85. The van der Waals surface area contributed by atoms with E-state index in [0.717, 1.165) is 23.1 Å². The van der Waals surface area contributed by atoms with Gasteiger partial charge in [0.2, 0.25) is 5.82 Å². The highest BCUT2D eigenvalue weighted by Gasteiger charge is 2.37. The number of tetrazole rings is 1. The Morgan fingerprint density at radius 1 is 1.12 bits per heavy atom. The number of hydrazine groups is 1. The molecule has 5 aromatic rings. The van der Waals surface area contributed by atoms with Crippen LogP contribution in [0.4, 0.5) is 0 Å². The largest absolute Gasteiger partial charge is 0.726 e. The van der Waals surface area contributed by atoms with Gasteiger partial charge in [0, 0.05) is 29.9 Å². The van der Waals surface area contributed by atoms with Gasteiger partial charge in [-0.15, -0.1) is 15.8 Å². The van der Waals surface area contributed by atoms with E-state index in [0.29, 0.717) is 35.3 Å². The van der Waals surface area contributed by atoms with Gasteiger partial charge in [-0.2, -0.15) is 5.21 Å². The Hall–Kier alpha value is -4.56. The predicted molar refractivity (Wildman–Crippen MR) is 148 cm³/mol. The van der Waals surface area contributed by atoms with E-state index in [-0.39, 0.29) is 10.8 Å². The van der Waals surface area contributed by atoms with Gasteiger partial charge in [0.05, 0.1) is 5.97 Å². The average molecular weight is 576 g/mol. The number of hydrogen-bond donors (Lipinski definition) is 2. The van der Waals surface area contributed by atoms with E-state index in [1.54, 1.807) is 31.2 Å². The smallest absolute Gasteiger partial charge is 0.205 e. The Kier molecular flexibility index (Phi) is 8.12. The molecule has 41 heavy (non-hydrogen) atoms. The van der Waals surface area contributed by atoms with E-state index < -0.39 is 11.7 Å². The maximum atomic E-state index is 12.7. The summed E-state index contributed by atoms with van der Waals surface area (Å²) in [7, 11) is 0. The van der Waals surface area contributed by atoms with Crippen molar-refractivity contribution in [3.05, 3.63) is 100 Å². The summed E-state index contributed by atoms with van der Waals surface area (Å²) in [4.78, 5) is 22.6. The number of rotatable bonds is 12. The molecule has 0 aliphatic carbocycles. The monoisotopic (exact) mass is 575 g/mol. The zero-order chi connectivity index (χ0) is 29.0. The number of aromatic carboxylic acids is 1. The highest BCUT2D eigenvalue weighted by molar-refractivity contribution is 6.32. The van der Waals surface area contributed by atoms with E-state index in [9.17, 15) is 15.1 Å². The maximum absolute atomic E-state index is 12.7. The van der Waals surface area contributed by atoms with E-state index in [1.807, 2.05) is 43.3 Å². The fourth-order valence-electron chi connectivity index (χ4n) is 4.60. The summed E-state index contributed by atoms with van der Waals surface area (Å²) < 4.78 is 2.57. The molecule has 1 atom stereocenters. The quantitative estimate of drug-likeness (QED) is 0.211. The van der Waals surface area contributed by atoms with Crippen LogP contribution in [0, 0.1) is 5.21 Å². The molecule has 14 heteroatoms. The molecule has 0 aliphatic heterocycles. The molecule has 0 saturated carbocycles. The summed E-state index contributed by atoms with van der Waals surface area (Å²) in [5.41, 5.74) is 3.34. The summed E-state index contributed by atoms with van der Waals surface area (Å²) in [6.45, 7) is 3.62. The molecule has 0 radical (unpaired) electrons. The number of benzene rings is 2. The number of nitrogens with one attached hydrogen (secondary N) is 2. The highest BCUT2D eigenvalue weighted by atomic mass is 35.5. The molecule has 5 rings (SSSR count). The number of imidazole rings is 1. The second-order valence-corrected chi connectivity index (χ2v) is 9.62. The number of aryl methyl sites for hydroxylation is 1. The van der Waals surface area contributed by atoms with Gasteiger partial charge >= 0.3 is 0 Å². The Balaban J connectivity index is 1.60. The number of carboxylic acids is 1. The minimum atomic E-state index is -1.61. The third-order valence-corrected chi connectivity index (χ3v) is 6.91. The lowest BCUT2D eigenvalue weighted by Crippen LogP contribution is -2.49. The molecule has 2 N–H and O–H groups in total. The van der Waals surface area contributed by atoms with Gasteiger partial charge in [0.25, 0.3) is 0 Å². The summed E-state index contributed by atoms with van der Waals surface area (Å²) in [5.74, 6) is -0.727. The molecular weight excluding hydrogens is 550 g/mol. The highest BCUT2D eigenvalue weighted by Crippen LogP contribution is 2.36. The Bertz CT molecular complexity index is 1600. The second kappa shape index (κ2) is 11.9. The number of nitrogens with zero attached hydrogens (tertiary/aromatic N) is 7. The first-order chi connectivity index (χ1) is 19.8. The van der Waals surface area contributed by atoms with Crippen molar-refractivity contribution >= 4 is 17.6 Å².